The Morgan fingerprint density at radius 3 is 1.94 bits per heavy atom. The third-order valence-corrected chi connectivity index (χ3v) is 7.47. The summed E-state index contributed by atoms with van der Waals surface area (Å²) in [6.07, 6.45) is 2.04. The molecule has 1 heterocycles. The molecule has 0 spiro atoms. The van der Waals surface area contributed by atoms with Crippen LogP contribution in [0.4, 0.5) is 0 Å². The van der Waals surface area contributed by atoms with Crippen LogP contribution in [-0.4, -0.2) is 27.3 Å². The molecule has 2 unspecified atom stereocenters. The molecule has 0 bridgehead atoms. The Morgan fingerprint density at radius 1 is 0.939 bits per heavy atom. The minimum Gasteiger partial charge on any atom is -0.461 e. The number of rotatable bonds is 4. The lowest BCUT2D eigenvalue weighted by Gasteiger charge is -2.50. The van der Waals surface area contributed by atoms with E-state index in [1.54, 1.807) is 0 Å². The second kappa shape index (κ2) is 8.88. The molecular formula is C28H43N3O2. The van der Waals surface area contributed by atoms with Crippen LogP contribution in [0.3, 0.4) is 0 Å². The van der Waals surface area contributed by atoms with Crippen LogP contribution in [0.5, 0.6) is 0 Å². The Bertz CT molecular complexity index is 936. The van der Waals surface area contributed by atoms with Gasteiger partial charge in [-0.25, -0.2) is 4.98 Å². The minimum absolute atomic E-state index is 0.0537. The van der Waals surface area contributed by atoms with Gasteiger partial charge in [0.05, 0.1) is 0 Å². The van der Waals surface area contributed by atoms with Crippen LogP contribution in [0.2, 0.25) is 0 Å². The lowest BCUT2D eigenvalue weighted by Crippen LogP contribution is -2.51. The molecule has 0 amide bonds. The summed E-state index contributed by atoms with van der Waals surface area (Å²) in [5.74, 6) is 2.13. The average molecular weight is 454 g/mol. The molecule has 2 atom stereocenters. The third-order valence-electron chi connectivity index (χ3n) is 7.47. The summed E-state index contributed by atoms with van der Waals surface area (Å²) < 4.78 is 6.44. The van der Waals surface area contributed by atoms with Crippen molar-refractivity contribution >= 4 is 5.97 Å². The summed E-state index contributed by atoms with van der Waals surface area (Å²) in [7, 11) is 0. The molecule has 1 aliphatic carbocycles. The molecule has 0 aliphatic heterocycles. The number of hydrogen-bond donors (Lipinski definition) is 1. The topological polar surface area (TPSA) is 67.9 Å². The van der Waals surface area contributed by atoms with Crippen LogP contribution in [0.1, 0.15) is 86.5 Å². The zero-order valence-corrected chi connectivity index (χ0v) is 22.2. The molecule has 0 radical (unpaired) electrons. The Kier molecular flexibility index (Phi) is 6.85. The van der Waals surface area contributed by atoms with Crippen molar-refractivity contribution in [1.82, 2.24) is 15.2 Å². The summed E-state index contributed by atoms with van der Waals surface area (Å²) in [6.45, 7) is 21.7. The maximum atomic E-state index is 13.6. The molecule has 0 saturated heterocycles. The lowest BCUT2D eigenvalue weighted by atomic mass is 9.59. The quantitative estimate of drug-likeness (QED) is 0.522. The summed E-state index contributed by atoms with van der Waals surface area (Å²) in [5.41, 5.74) is 1.29. The van der Waals surface area contributed by atoms with Gasteiger partial charge in [0.25, 0.3) is 0 Å². The van der Waals surface area contributed by atoms with Crippen molar-refractivity contribution in [2.45, 2.75) is 93.6 Å². The maximum Gasteiger partial charge on any atom is 0.319 e. The molecule has 1 N–H and O–H groups in total. The van der Waals surface area contributed by atoms with Crippen molar-refractivity contribution in [1.29, 1.82) is 0 Å². The second-order valence-electron chi connectivity index (χ2n) is 12.9. The number of aryl methyl sites for hydroxylation is 1. The highest BCUT2D eigenvalue weighted by Gasteiger charge is 2.49. The van der Waals surface area contributed by atoms with E-state index in [0.29, 0.717) is 29.4 Å². The van der Waals surface area contributed by atoms with E-state index in [-0.39, 0.29) is 22.9 Å². The number of H-pyrrole nitrogens is 1. The SMILES string of the molecule is Cc1ccc(-c2n[nH]c(C(C)(C)C(=O)OC3C(C(C)(C)C)CC(C)CC3C(C)(C)C)n2)cc1. The number of ether oxygens (including phenoxy) is 1. The molecule has 1 saturated carbocycles. The normalized spacial score (nSPS) is 24.5. The van der Waals surface area contributed by atoms with Gasteiger partial charge in [0.15, 0.2) is 5.82 Å². The van der Waals surface area contributed by atoms with E-state index >= 15 is 0 Å². The highest BCUT2D eigenvalue weighted by molar-refractivity contribution is 5.81. The summed E-state index contributed by atoms with van der Waals surface area (Å²) in [4.78, 5) is 18.3. The van der Waals surface area contributed by atoms with Gasteiger partial charge in [-0.1, -0.05) is 78.3 Å². The van der Waals surface area contributed by atoms with Crippen LogP contribution in [0.25, 0.3) is 11.4 Å². The summed E-state index contributed by atoms with van der Waals surface area (Å²) >= 11 is 0. The third kappa shape index (κ3) is 5.50. The zero-order chi connectivity index (χ0) is 24.8. The number of esters is 1. The van der Waals surface area contributed by atoms with Gasteiger partial charge in [0, 0.05) is 17.4 Å². The maximum absolute atomic E-state index is 13.6. The van der Waals surface area contributed by atoms with E-state index in [1.165, 1.54) is 5.56 Å². The number of hydrogen-bond acceptors (Lipinski definition) is 4. The highest BCUT2D eigenvalue weighted by Crippen LogP contribution is 2.50. The molecular weight excluding hydrogens is 410 g/mol. The number of aromatic nitrogens is 3. The fourth-order valence-corrected chi connectivity index (χ4v) is 5.11. The van der Waals surface area contributed by atoms with Crippen molar-refractivity contribution in [2.75, 3.05) is 0 Å². The van der Waals surface area contributed by atoms with E-state index in [1.807, 2.05) is 45.0 Å². The van der Waals surface area contributed by atoms with Crippen molar-refractivity contribution < 1.29 is 9.53 Å². The fraction of sp³-hybridized carbons (Fsp3) is 0.679. The van der Waals surface area contributed by atoms with Crippen molar-refractivity contribution in [2.24, 2.45) is 28.6 Å². The van der Waals surface area contributed by atoms with Gasteiger partial charge >= 0.3 is 5.97 Å². The molecule has 33 heavy (non-hydrogen) atoms. The Morgan fingerprint density at radius 2 is 1.45 bits per heavy atom. The predicted octanol–water partition coefficient (Wildman–Crippen LogP) is 6.72. The van der Waals surface area contributed by atoms with E-state index < -0.39 is 5.41 Å². The van der Waals surface area contributed by atoms with Gasteiger partial charge in [-0.2, -0.15) is 5.10 Å². The van der Waals surface area contributed by atoms with Crippen LogP contribution < -0.4 is 0 Å². The van der Waals surface area contributed by atoms with Crippen molar-refractivity contribution in [3.05, 3.63) is 35.7 Å². The van der Waals surface area contributed by atoms with Gasteiger partial charge in [0.1, 0.15) is 17.3 Å². The molecule has 5 heteroatoms. The van der Waals surface area contributed by atoms with Gasteiger partial charge in [-0.05, 0) is 50.4 Å². The van der Waals surface area contributed by atoms with Crippen molar-refractivity contribution in [3.8, 4) is 11.4 Å². The standard InChI is InChI=1S/C28H43N3O2/c1-17-11-13-19(14-12-17)23-29-24(31-30-23)28(9,10)25(32)33-22-20(26(3,4)5)15-18(2)16-21(22)27(6,7)8/h11-14,18,20-22H,15-16H2,1-10H3,(H,29,30,31). The van der Waals surface area contributed by atoms with Gasteiger partial charge in [-0.15, -0.1) is 0 Å². The molecule has 1 aromatic carbocycles. The highest BCUT2D eigenvalue weighted by atomic mass is 16.5. The molecule has 3 rings (SSSR count). The average Bonchev–Trinajstić information content (AvgIpc) is 3.19. The first kappa shape index (κ1) is 25.5. The molecule has 1 aliphatic rings. The zero-order valence-electron chi connectivity index (χ0n) is 22.2. The van der Waals surface area contributed by atoms with Gasteiger partial charge in [-0.3, -0.25) is 9.89 Å². The molecule has 5 nitrogen and oxygen atoms in total. The van der Waals surface area contributed by atoms with E-state index in [2.05, 4.69) is 63.6 Å². The summed E-state index contributed by atoms with van der Waals surface area (Å²) in [5, 5.41) is 7.39. The van der Waals surface area contributed by atoms with E-state index in [0.717, 1.165) is 18.4 Å². The van der Waals surface area contributed by atoms with Crippen LogP contribution >= 0.6 is 0 Å². The van der Waals surface area contributed by atoms with Gasteiger partial charge in [0.2, 0.25) is 0 Å². The number of carbonyl (C=O) groups excluding carboxylic acids is 1. The number of aromatic amines is 1. The number of nitrogens with zero attached hydrogens (tertiary/aromatic N) is 2. The monoisotopic (exact) mass is 453 g/mol. The Labute approximate surface area is 200 Å². The van der Waals surface area contributed by atoms with Gasteiger partial charge < -0.3 is 4.74 Å². The lowest BCUT2D eigenvalue weighted by molar-refractivity contribution is -0.175. The van der Waals surface area contributed by atoms with Crippen LogP contribution in [0.15, 0.2) is 24.3 Å². The molecule has 2 aromatic rings. The molecule has 1 aromatic heterocycles. The first-order valence-corrected chi connectivity index (χ1v) is 12.3. The Hall–Kier alpha value is -2.17. The van der Waals surface area contributed by atoms with Crippen LogP contribution in [-0.2, 0) is 14.9 Å². The van der Waals surface area contributed by atoms with Crippen LogP contribution in [0, 0.1) is 35.5 Å². The Balaban J connectivity index is 1.88. The fourth-order valence-electron chi connectivity index (χ4n) is 5.11. The summed E-state index contributed by atoms with van der Waals surface area (Å²) in [6, 6.07) is 8.07. The van der Waals surface area contributed by atoms with E-state index in [9.17, 15) is 4.79 Å². The van der Waals surface area contributed by atoms with Crippen molar-refractivity contribution in [3.63, 3.8) is 0 Å². The van der Waals surface area contributed by atoms with E-state index in [4.69, 9.17) is 4.74 Å². The number of carbonyl (C=O) groups is 1. The predicted molar refractivity (Wildman–Crippen MR) is 134 cm³/mol. The number of nitrogens with one attached hydrogen (secondary N) is 1. The smallest absolute Gasteiger partial charge is 0.319 e. The molecule has 1 fully saturated rings. The first-order valence-electron chi connectivity index (χ1n) is 12.3. The largest absolute Gasteiger partial charge is 0.461 e. The number of benzene rings is 1. The molecule has 182 valence electrons. The first-order chi connectivity index (χ1) is 15.1. The minimum atomic E-state index is -0.927. The second-order valence-corrected chi connectivity index (χ2v) is 12.9.